The summed E-state index contributed by atoms with van der Waals surface area (Å²) >= 11 is 0. The van der Waals surface area contributed by atoms with Gasteiger partial charge in [-0.1, -0.05) is 0 Å². The molecule has 20 heavy (non-hydrogen) atoms. The van der Waals surface area contributed by atoms with E-state index in [0.29, 0.717) is 26.2 Å². The standard InChI is InChI=1S/C13H19N3O3S/c1-11(17)14-12-3-5-13(6-4-12)15-7-9-16(10-8-15)20(2,18)19/h3-6H,7-10H2,1-2H3,(H,14,17). The van der Waals surface area contributed by atoms with Crippen molar-refractivity contribution in [1.82, 2.24) is 4.31 Å². The molecule has 0 radical (unpaired) electrons. The van der Waals surface area contributed by atoms with Crippen molar-refractivity contribution in [1.29, 1.82) is 0 Å². The molecular weight excluding hydrogens is 278 g/mol. The third-order valence-electron chi connectivity index (χ3n) is 3.26. The molecule has 0 aromatic heterocycles. The Morgan fingerprint density at radius 1 is 1.10 bits per heavy atom. The molecule has 1 aromatic carbocycles. The first-order valence-electron chi connectivity index (χ1n) is 6.44. The van der Waals surface area contributed by atoms with Gasteiger partial charge in [-0.05, 0) is 24.3 Å². The molecule has 2 rings (SSSR count). The van der Waals surface area contributed by atoms with Crippen molar-refractivity contribution in [3.63, 3.8) is 0 Å². The number of hydrogen-bond donors (Lipinski definition) is 1. The van der Waals surface area contributed by atoms with Crippen molar-refractivity contribution in [2.24, 2.45) is 0 Å². The molecule has 1 amide bonds. The Bertz CT molecular complexity index is 575. The largest absolute Gasteiger partial charge is 0.369 e. The fourth-order valence-electron chi connectivity index (χ4n) is 2.24. The smallest absolute Gasteiger partial charge is 0.221 e. The van der Waals surface area contributed by atoms with Gasteiger partial charge < -0.3 is 10.2 Å². The molecule has 1 saturated heterocycles. The second kappa shape index (κ2) is 5.80. The monoisotopic (exact) mass is 297 g/mol. The molecule has 0 aliphatic carbocycles. The van der Waals surface area contributed by atoms with Gasteiger partial charge in [0.25, 0.3) is 0 Å². The summed E-state index contributed by atoms with van der Waals surface area (Å²) in [6.07, 6.45) is 1.24. The van der Waals surface area contributed by atoms with Gasteiger partial charge in [0, 0.05) is 44.5 Å². The van der Waals surface area contributed by atoms with Crippen LogP contribution in [-0.2, 0) is 14.8 Å². The molecule has 0 saturated carbocycles. The molecule has 0 atom stereocenters. The van der Waals surface area contributed by atoms with Gasteiger partial charge in [0.1, 0.15) is 0 Å². The van der Waals surface area contributed by atoms with E-state index < -0.39 is 10.0 Å². The van der Waals surface area contributed by atoms with Crippen molar-refractivity contribution < 1.29 is 13.2 Å². The van der Waals surface area contributed by atoms with Crippen molar-refractivity contribution in [3.05, 3.63) is 24.3 Å². The SMILES string of the molecule is CC(=O)Nc1ccc(N2CCN(S(C)(=O)=O)CC2)cc1. The summed E-state index contributed by atoms with van der Waals surface area (Å²) in [4.78, 5) is 13.1. The summed E-state index contributed by atoms with van der Waals surface area (Å²) in [7, 11) is -3.09. The number of carbonyl (C=O) groups is 1. The lowest BCUT2D eigenvalue weighted by atomic mass is 10.2. The van der Waals surface area contributed by atoms with Gasteiger partial charge in [0.15, 0.2) is 0 Å². The molecule has 1 aliphatic heterocycles. The molecular formula is C13H19N3O3S. The van der Waals surface area contributed by atoms with Gasteiger partial charge >= 0.3 is 0 Å². The number of benzene rings is 1. The maximum Gasteiger partial charge on any atom is 0.221 e. The highest BCUT2D eigenvalue weighted by Crippen LogP contribution is 2.20. The number of rotatable bonds is 3. The predicted molar refractivity (Wildman–Crippen MR) is 79.4 cm³/mol. The predicted octanol–water partition coefficient (Wildman–Crippen LogP) is 0.727. The summed E-state index contributed by atoms with van der Waals surface area (Å²) in [5.74, 6) is -0.0977. The summed E-state index contributed by atoms with van der Waals surface area (Å²) in [5.41, 5.74) is 1.79. The van der Waals surface area contributed by atoms with E-state index in [-0.39, 0.29) is 5.91 Å². The first-order chi connectivity index (χ1) is 9.36. The van der Waals surface area contributed by atoms with Crippen LogP contribution in [0, 0.1) is 0 Å². The normalized spacial score (nSPS) is 17.0. The summed E-state index contributed by atoms with van der Waals surface area (Å²) in [6.45, 7) is 3.83. The topological polar surface area (TPSA) is 69.7 Å². The quantitative estimate of drug-likeness (QED) is 0.893. The minimum atomic E-state index is -3.09. The molecule has 0 unspecified atom stereocenters. The molecule has 7 heteroatoms. The Morgan fingerprint density at radius 2 is 1.65 bits per heavy atom. The molecule has 1 fully saturated rings. The van der Waals surface area contributed by atoms with Crippen LogP contribution in [0.2, 0.25) is 0 Å². The van der Waals surface area contributed by atoms with Gasteiger partial charge in [-0.15, -0.1) is 0 Å². The Kier molecular flexibility index (Phi) is 4.29. The van der Waals surface area contributed by atoms with Crippen LogP contribution in [0.5, 0.6) is 0 Å². The number of carbonyl (C=O) groups excluding carboxylic acids is 1. The third-order valence-corrected chi connectivity index (χ3v) is 4.56. The number of amides is 1. The first kappa shape index (κ1) is 14.8. The Hall–Kier alpha value is -1.60. The molecule has 1 aliphatic rings. The second-order valence-electron chi connectivity index (χ2n) is 4.88. The van der Waals surface area contributed by atoms with Crippen LogP contribution < -0.4 is 10.2 Å². The van der Waals surface area contributed by atoms with E-state index in [4.69, 9.17) is 0 Å². The van der Waals surface area contributed by atoms with Gasteiger partial charge in [-0.25, -0.2) is 8.42 Å². The fourth-order valence-corrected chi connectivity index (χ4v) is 3.06. The van der Waals surface area contributed by atoms with Gasteiger partial charge in [-0.2, -0.15) is 4.31 Å². The maximum absolute atomic E-state index is 11.4. The molecule has 6 nitrogen and oxygen atoms in total. The van der Waals surface area contributed by atoms with Crippen molar-refractivity contribution in [3.8, 4) is 0 Å². The van der Waals surface area contributed by atoms with E-state index in [1.165, 1.54) is 17.5 Å². The zero-order chi connectivity index (χ0) is 14.8. The van der Waals surface area contributed by atoms with E-state index in [9.17, 15) is 13.2 Å². The van der Waals surface area contributed by atoms with Crippen LogP contribution in [0.4, 0.5) is 11.4 Å². The molecule has 110 valence electrons. The number of nitrogens with zero attached hydrogens (tertiary/aromatic N) is 2. The van der Waals surface area contributed by atoms with Crippen molar-refractivity contribution >= 4 is 27.3 Å². The third kappa shape index (κ3) is 3.71. The number of hydrogen-bond acceptors (Lipinski definition) is 4. The molecule has 1 N–H and O–H groups in total. The Morgan fingerprint density at radius 3 is 2.10 bits per heavy atom. The van der Waals surface area contributed by atoms with Crippen LogP contribution >= 0.6 is 0 Å². The minimum Gasteiger partial charge on any atom is -0.369 e. The van der Waals surface area contributed by atoms with Crippen LogP contribution in [0.3, 0.4) is 0 Å². The molecule has 0 bridgehead atoms. The summed E-state index contributed by atoms with van der Waals surface area (Å²) in [5, 5.41) is 2.72. The van der Waals surface area contributed by atoms with Crippen LogP contribution in [0.1, 0.15) is 6.92 Å². The minimum absolute atomic E-state index is 0.0977. The van der Waals surface area contributed by atoms with Gasteiger partial charge in [0.05, 0.1) is 6.26 Å². The second-order valence-corrected chi connectivity index (χ2v) is 6.86. The lowest BCUT2D eigenvalue weighted by molar-refractivity contribution is -0.114. The van der Waals surface area contributed by atoms with Crippen LogP contribution in [0.15, 0.2) is 24.3 Å². The highest BCUT2D eigenvalue weighted by atomic mass is 32.2. The van der Waals surface area contributed by atoms with E-state index >= 15 is 0 Å². The Labute approximate surface area is 119 Å². The number of nitrogens with one attached hydrogen (secondary N) is 1. The van der Waals surface area contributed by atoms with Crippen molar-refractivity contribution in [2.75, 3.05) is 42.7 Å². The zero-order valence-electron chi connectivity index (χ0n) is 11.7. The lowest BCUT2D eigenvalue weighted by Crippen LogP contribution is -2.48. The van der Waals surface area contributed by atoms with Gasteiger partial charge in [0.2, 0.25) is 15.9 Å². The zero-order valence-corrected chi connectivity index (χ0v) is 12.5. The average molecular weight is 297 g/mol. The van der Waals surface area contributed by atoms with Crippen LogP contribution in [-0.4, -0.2) is 51.1 Å². The maximum atomic E-state index is 11.4. The molecule has 0 spiro atoms. The van der Waals surface area contributed by atoms with Crippen molar-refractivity contribution in [2.45, 2.75) is 6.92 Å². The van der Waals surface area contributed by atoms with E-state index in [1.54, 1.807) is 0 Å². The van der Waals surface area contributed by atoms with E-state index in [1.807, 2.05) is 24.3 Å². The fraction of sp³-hybridized carbons (Fsp3) is 0.462. The summed E-state index contributed by atoms with van der Waals surface area (Å²) in [6, 6.07) is 7.56. The van der Waals surface area contributed by atoms with Crippen LogP contribution in [0.25, 0.3) is 0 Å². The number of piperazine rings is 1. The number of sulfonamides is 1. The highest BCUT2D eigenvalue weighted by Gasteiger charge is 2.23. The highest BCUT2D eigenvalue weighted by molar-refractivity contribution is 7.88. The number of anilines is 2. The molecule has 1 heterocycles. The van der Waals surface area contributed by atoms with E-state index in [2.05, 4.69) is 10.2 Å². The summed E-state index contributed by atoms with van der Waals surface area (Å²) < 4.78 is 24.4. The van der Waals surface area contributed by atoms with Gasteiger partial charge in [-0.3, -0.25) is 4.79 Å². The Balaban J connectivity index is 1.99. The molecule has 1 aromatic rings. The first-order valence-corrected chi connectivity index (χ1v) is 8.29. The average Bonchev–Trinajstić information content (AvgIpc) is 2.38. The lowest BCUT2D eigenvalue weighted by Gasteiger charge is -2.34. The van der Waals surface area contributed by atoms with E-state index in [0.717, 1.165) is 11.4 Å².